The molecule has 0 aromatic heterocycles. The molecule has 0 spiro atoms. The van der Waals surface area contributed by atoms with Crippen LogP contribution in [0.5, 0.6) is 0 Å². The lowest BCUT2D eigenvalue weighted by Crippen LogP contribution is -2.28. The highest BCUT2D eigenvalue weighted by atomic mass is 14.9. The minimum absolute atomic E-state index is 0.236. The summed E-state index contributed by atoms with van der Waals surface area (Å²) in [6.45, 7) is 11.5. The van der Waals surface area contributed by atoms with Gasteiger partial charge in [-0.25, -0.2) is 0 Å². The van der Waals surface area contributed by atoms with E-state index in [-0.39, 0.29) is 5.41 Å². The molecule has 0 amide bonds. The van der Waals surface area contributed by atoms with Crippen LogP contribution in [0.4, 0.5) is 0 Å². The van der Waals surface area contributed by atoms with Crippen molar-refractivity contribution in [3.63, 3.8) is 0 Å². The summed E-state index contributed by atoms with van der Waals surface area (Å²) in [6, 6.07) is 7.52. The molecule has 1 heteroatoms. The summed E-state index contributed by atoms with van der Waals surface area (Å²) in [5.41, 5.74) is 5.02. The fourth-order valence-corrected chi connectivity index (χ4v) is 3.05. The minimum Gasteiger partial charge on any atom is -0.313 e. The van der Waals surface area contributed by atoms with Gasteiger partial charge in [0.15, 0.2) is 0 Å². The zero-order valence-electron chi connectivity index (χ0n) is 12.0. The van der Waals surface area contributed by atoms with Crippen molar-refractivity contribution in [2.24, 2.45) is 5.41 Å². The van der Waals surface area contributed by atoms with E-state index >= 15 is 0 Å². The highest BCUT2D eigenvalue weighted by molar-refractivity contribution is 5.42. The van der Waals surface area contributed by atoms with Crippen molar-refractivity contribution in [1.29, 1.82) is 0 Å². The van der Waals surface area contributed by atoms with Gasteiger partial charge in [0.1, 0.15) is 0 Å². The zero-order chi connectivity index (χ0) is 12.8. The molecule has 17 heavy (non-hydrogen) atoms. The second-order valence-corrected chi connectivity index (χ2v) is 7.05. The van der Waals surface area contributed by atoms with Crippen LogP contribution < -0.4 is 5.32 Å². The second kappa shape index (κ2) is 3.84. The Morgan fingerprint density at radius 1 is 1.24 bits per heavy atom. The predicted octanol–water partition coefficient (Wildman–Crippen LogP) is 3.83. The van der Waals surface area contributed by atoms with Crippen LogP contribution in [0.25, 0.3) is 0 Å². The van der Waals surface area contributed by atoms with E-state index in [0.29, 0.717) is 11.5 Å². The number of rotatable bonds is 1. The van der Waals surface area contributed by atoms with Gasteiger partial charge in [-0.05, 0) is 41.0 Å². The standard InChI is InChI=1S/C16H25N/c1-15(2,3)12-8-7-11-10-16(4,5)14(17-6)13(11)9-12/h7-9,14,17H,10H2,1-6H3. The van der Waals surface area contributed by atoms with Gasteiger partial charge < -0.3 is 5.32 Å². The number of benzene rings is 1. The Morgan fingerprint density at radius 3 is 2.41 bits per heavy atom. The van der Waals surface area contributed by atoms with Crippen LogP contribution in [0.3, 0.4) is 0 Å². The van der Waals surface area contributed by atoms with E-state index in [0.717, 1.165) is 0 Å². The highest BCUT2D eigenvalue weighted by Crippen LogP contribution is 2.45. The lowest BCUT2D eigenvalue weighted by Gasteiger charge is -2.27. The number of hydrogen-bond donors (Lipinski definition) is 1. The van der Waals surface area contributed by atoms with Gasteiger partial charge in [0, 0.05) is 6.04 Å². The van der Waals surface area contributed by atoms with Crippen molar-refractivity contribution in [2.45, 2.75) is 52.5 Å². The van der Waals surface area contributed by atoms with Crippen molar-refractivity contribution >= 4 is 0 Å². The SMILES string of the molecule is CNC1c2cc(C(C)(C)C)ccc2CC1(C)C. The summed E-state index contributed by atoms with van der Waals surface area (Å²) in [4.78, 5) is 0. The van der Waals surface area contributed by atoms with E-state index in [4.69, 9.17) is 0 Å². The first-order chi connectivity index (χ1) is 7.75. The third-order valence-corrected chi connectivity index (χ3v) is 4.04. The normalized spacial score (nSPS) is 22.6. The molecule has 0 fully saturated rings. The summed E-state index contributed by atoms with van der Waals surface area (Å²) >= 11 is 0. The molecule has 1 nitrogen and oxygen atoms in total. The maximum Gasteiger partial charge on any atom is 0.0375 e. The van der Waals surface area contributed by atoms with E-state index < -0.39 is 0 Å². The van der Waals surface area contributed by atoms with Crippen molar-refractivity contribution < 1.29 is 0 Å². The van der Waals surface area contributed by atoms with Crippen LogP contribution >= 0.6 is 0 Å². The molecular formula is C16H25N. The molecule has 1 N–H and O–H groups in total. The van der Waals surface area contributed by atoms with Crippen LogP contribution in [0.2, 0.25) is 0 Å². The molecule has 0 aliphatic heterocycles. The lowest BCUT2D eigenvalue weighted by molar-refractivity contribution is 0.282. The first-order valence-electron chi connectivity index (χ1n) is 6.56. The van der Waals surface area contributed by atoms with Gasteiger partial charge in [-0.1, -0.05) is 52.8 Å². The van der Waals surface area contributed by atoms with Crippen molar-refractivity contribution in [2.75, 3.05) is 7.05 Å². The lowest BCUT2D eigenvalue weighted by atomic mass is 9.83. The molecule has 0 bridgehead atoms. The molecule has 0 saturated heterocycles. The number of fused-ring (bicyclic) bond motifs is 1. The third kappa shape index (κ3) is 2.13. The van der Waals surface area contributed by atoms with E-state index in [1.54, 1.807) is 0 Å². The molecule has 1 aliphatic rings. The number of nitrogens with one attached hydrogen (secondary N) is 1. The van der Waals surface area contributed by atoms with E-state index in [1.807, 2.05) is 0 Å². The fourth-order valence-electron chi connectivity index (χ4n) is 3.05. The van der Waals surface area contributed by atoms with E-state index in [2.05, 4.69) is 65.2 Å². The topological polar surface area (TPSA) is 12.0 Å². The first kappa shape index (κ1) is 12.6. The van der Waals surface area contributed by atoms with E-state index in [9.17, 15) is 0 Å². The van der Waals surface area contributed by atoms with Gasteiger partial charge in [0.05, 0.1) is 0 Å². The molecule has 94 valence electrons. The first-order valence-corrected chi connectivity index (χ1v) is 6.56. The van der Waals surface area contributed by atoms with Crippen LogP contribution in [-0.4, -0.2) is 7.05 Å². The molecule has 0 radical (unpaired) electrons. The van der Waals surface area contributed by atoms with Crippen molar-refractivity contribution in [3.05, 3.63) is 34.9 Å². The van der Waals surface area contributed by atoms with Gasteiger partial charge in [-0.2, -0.15) is 0 Å². The summed E-state index contributed by atoms with van der Waals surface area (Å²) in [6.07, 6.45) is 1.18. The Labute approximate surface area is 106 Å². The quantitative estimate of drug-likeness (QED) is 0.774. The predicted molar refractivity (Wildman–Crippen MR) is 74.4 cm³/mol. The van der Waals surface area contributed by atoms with Crippen molar-refractivity contribution in [3.8, 4) is 0 Å². The second-order valence-electron chi connectivity index (χ2n) is 7.05. The molecular weight excluding hydrogens is 206 g/mol. The van der Waals surface area contributed by atoms with Crippen LogP contribution in [-0.2, 0) is 11.8 Å². The fraction of sp³-hybridized carbons (Fsp3) is 0.625. The van der Waals surface area contributed by atoms with E-state index in [1.165, 1.54) is 23.1 Å². The van der Waals surface area contributed by atoms with Gasteiger partial charge in [-0.3, -0.25) is 0 Å². The summed E-state index contributed by atoms with van der Waals surface area (Å²) in [5, 5.41) is 3.49. The molecule has 1 aliphatic carbocycles. The maximum atomic E-state index is 3.49. The minimum atomic E-state index is 0.236. The summed E-state index contributed by atoms with van der Waals surface area (Å²) in [5.74, 6) is 0. The molecule has 0 heterocycles. The average Bonchev–Trinajstić information content (AvgIpc) is 2.44. The van der Waals surface area contributed by atoms with Crippen molar-refractivity contribution in [1.82, 2.24) is 5.32 Å². The third-order valence-electron chi connectivity index (χ3n) is 4.04. The molecule has 2 rings (SSSR count). The molecule has 0 saturated carbocycles. The van der Waals surface area contributed by atoms with Gasteiger partial charge in [0.2, 0.25) is 0 Å². The summed E-state index contributed by atoms with van der Waals surface area (Å²) in [7, 11) is 2.07. The van der Waals surface area contributed by atoms with Crippen LogP contribution in [0.15, 0.2) is 18.2 Å². The molecule has 1 atom stereocenters. The summed E-state index contributed by atoms with van der Waals surface area (Å²) < 4.78 is 0. The Kier molecular flexibility index (Phi) is 2.86. The Hall–Kier alpha value is -0.820. The highest BCUT2D eigenvalue weighted by Gasteiger charge is 2.38. The Bertz CT molecular complexity index is 424. The maximum absolute atomic E-state index is 3.49. The van der Waals surface area contributed by atoms with Crippen LogP contribution in [0, 0.1) is 5.41 Å². The largest absolute Gasteiger partial charge is 0.313 e. The van der Waals surface area contributed by atoms with Crippen LogP contribution in [0.1, 0.15) is 57.4 Å². The average molecular weight is 231 g/mol. The Balaban J connectivity index is 2.48. The number of hydrogen-bond acceptors (Lipinski definition) is 1. The van der Waals surface area contributed by atoms with Gasteiger partial charge >= 0.3 is 0 Å². The smallest absolute Gasteiger partial charge is 0.0375 e. The molecule has 1 aromatic rings. The molecule has 1 aromatic carbocycles. The van der Waals surface area contributed by atoms with Gasteiger partial charge in [0.25, 0.3) is 0 Å². The Morgan fingerprint density at radius 2 is 1.88 bits per heavy atom. The zero-order valence-corrected chi connectivity index (χ0v) is 12.0. The van der Waals surface area contributed by atoms with Gasteiger partial charge in [-0.15, -0.1) is 0 Å². The monoisotopic (exact) mass is 231 g/mol. The molecule has 1 unspecified atom stereocenters.